The van der Waals surface area contributed by atoms with Crippen LogP contribution in [0.3, 0.4) is 0 Å². The quantitative estimate of drug-likeness (QED) is 0.582. The van der Waals surface area contributed by atoms with Crippen LogP contribution in [0.4, 0.5) is 0 Å². The van der Waals surface area contributed by atoms with Gasteiger partial charge in [0.2, 0.25) is 0 Å². The van der Waals surface area contributed by atoms with Gasteiger partial charge in [-0.15, -0.1) is 0 Å². The van der Waals surface area contributed by atoms with Gasteiger partial charge in [0.05, 0.1) is 0 Å². The molecule has 2 fully saturated rings. The normalized spacial score (nSPS) is 42.1. The van der Waals surface area contributed by atoms with Gasteiger partial charge in [0.25, 0.3) is 0 Å². The van der Waals surface area contributed by atoms with Crippen LogP contribution in [-0.4, -0.2) is 11.8 Å². The van der Waals surface area contributed by atoms with E-state index in [4.69, 9.17) is 0 Å². The lowest BCUT2D eigenvalue weighted by Gasteiger charge is -2.29. The SMILES string of the molecule is C=C(C)C1CC2C(C)[C@H]1CP2(=O)c1ccccc1. The predicted octanol–water partition coefficient (Wildman–Crippen LogP) is 3.91. The summed E-state index contributed by atoms with van der Waals surface area (Å²) in [4.78, 5) is 0. The third-order valence-corrected chi connectivity index (χ3v) is 9.03. The van der Waals surface area contributed by atoms with Crippen molar-refractivity contribution in [3.05, 3.63) is 42.5 Å². The van der Waals surface area contributed by atoms with Gasteiger partial charge in [0.15, 0.2) is 0 Å². The number of allylic oxidation sites excluding steroid dienone is 1. The Morgan fingerprint density at radius 1 is 1.33 bits per heavy atom. The van der Waals surface area contributed by atoms with Crippen LogP contribution in [0, 0.1) is 17.8 Å². The van der Waals surface area contributed by atoms with Gasteiger partial charge in [-0.25, -0.2) is 0 Å². The van der Waals surface area contributed by atoms with Gasteiger partial charge in [-0.05, 0) is 31.1 Å². The fourth-order valence-electron chi connectivity index (χ4n) is 4.14. The minimum absolute atomic E-state index is 0.395. The fourth-order valence-corrected chi connectivity index (χ4v) is 8.44. The summed E-state index contributed by atoms with van der Waals surface area (Å²) in [6.45, 7) is 8.54. The molecule has 0 aromatic heterocycles. The van der Waals surface area contributed by atoms with Crippen LogP contribution in [0.25, 0.3) is 0 Å². The van der Waals surface area contributed by atoms with Gasteiger partial charge >= 0.3 is 0 Å². The molecule has 1 aliphatic carbocycles. The maximum absolute atomic E-state index is 13.4. The smallest absolute Gasteiger partial charge is 0.119 e. The summed E-state index contributed by atoms with van der Waals surface area (Å²) in [5.41, 5.74) is 1.68. The van der Waals surface area contributed by atoms with Crippen LogP contribution in [-0.2, 0) is 4.57 Å². The molecule has 1 saturated carbocycles. The molecule has 1 heterocycles. The van der Waals surface area contributed by atoms with E-state index in [0.717, 1.165) is 17.9 Å². The molecular weight excluding hydrogens is 239 g/mol. The molecule has 1 aromatic carbocycles. The van der Waals surface area contributed by atoms with E-state index in [9.17, 15) is 4.57 Å². The van der Waals surface area contributed by atoms with Crippen LogP contribution >= 0.6 is 7.14 Å². The van der Waals surface area contributed by atoms with Gasteiger partial charge in [-0.2, -0.15) is 0 Å². The summed E-state index contributed by atoms with van der Waals surface area (Å²) in [6.07, 6.45) is 1.99. The van der Waals surface area contributed by atoms with E-state index in [1.165, 1.54) is 5.57 Å². The number of hydrogen-bond donors (Lipinski definition) is 0. The number of rotatable bonds is 2. The molecule has 0 radical (unpaired) electrons. The van der Waals surface area contributed by atoms with Crippen LogP contribution in [0.1, 0.15) is 20.3 Å². The zero-order valence-corrected chi connectivity index (χ0v) is 12.1. The third kappa shape index (κ3) is 1.57. The zero-order valence-electron chi connectivity index (χ0n) is 11.2. The minimum Gasteiger partial charge on any atom is -0.318 e. The van der Waals surface area contributed by atoms with Gasteiger partial charge < -0.3 is 4.57 Å². The highest BCUT2D eigenvalue weighted by atomic mass is 31.2. The third-order valence-electron chi connectivity index (χ3n) is 5.14. The molecule has 2 aliphatic rings. The molecule has 1 aliphatic heterocycles. The molecule has 2 heteroatoms. The van der Waals surface area contributed by atoms with Crippen LogP contribution < -0.4 is 5.30 Å². The number of benzene rings is 1. The average Bonchev–Trinajstić information content (AvgIpc) is 2.81. The highest BCUT2D eigenvalue weighted by Crippen LogP contribution is 2.69. The monoisotopic (exact) mass is 260 g/mol. The van der Waals surface area contributed by atoms with E-state index in [1.54, 1.807) is 0 Å². The molecular formula is C16H21OP. The molecule has 1 nitrogen and oxygen atoms in total. The second-order valence-corrected chi connectivity index (χ2v) is 9.23. The maximum atomic E-state index is 13.4. The first-order chi connectivity index (χ1) is 8.54. The second kappa shape index (κ2) is 4.10. The summed E-state index contributed by atoms with van der Waals surface area (Å²) in [5, 5.41) is 1.10. The molecule has 0 spiro atoms. The summed E-state index contributed by atoms with van der Waals surface area (Å²) in [7, 11) is -2.16. The standard InChI is InChI=1S/C16H21OP/c1-11(2)14-9-16-12(3)15(14)10-18(16,17)13-7-5-4-6-8-13/h4-8,12,14-16H,1,9-10H2,2-3H3/t12?,14?,15-,16?,18?/m1/s1. The summed E-state index contributed by atoms with van der Waals surface area (Å²) < 4.78 is 13.4. The first-order valence-electron chi connectivity index (χ1n) is 6.84. The highest BCUT2D eigenvalue weighted by Gasteiger charge is 2.57. The van der Waals surface area contributed by atoms with Gasteiger partial charge in [0, 0.05) is 17.1 Å². The van der Waals surface area contributed by atoms with E-state index >= 15 is 0 Å². The average molecular weight is 260 g/mol. The van der Waals surface area contributed by atoms with Crippen molar-refractivity contribution in [1.29, 1.82) is 0 Å². The Hall–Kier alpha value is -0.810. The number of hydrogen-bond acceptors (Lipinski definition) is 1. The lowest BCUT2D eigenvalue weighted by atomic mass is 9.88. The van der Waals surface area contributed by atoms with Crippen molar-refractivity contribution in [2.45, 2.75) is 25.9 Å². The van der Waals surface area contributed by atoms with Gasteiger partial charge in [0.1, 0.15) is 7.14 Å². The van der Waals surface area contributed by atoms with Gasteiger partial charge in [-0.3, -0.25) is 0 Å². The van der Waals surface area contributed by atoms with Crippen molar-refractivity contribution in [1.82, 2.24) is 0 Å². The summed E-state index contributed by atoms with van der Waals surface area (Å²) in [5.74, 6) is 1.80. The Bertz CT molecular complexity index is 519. The molecule has 18 heavy (non-hydrogen) atoms. The van der Waals surface area contributed by atoms with E-state index in [2.05, 4.69) is 32.6 Å². The van der Waals surface area contributed by atoms with Crippen molar-refractivity contribution in [3.63, 3.8) is 0 Å². The van der Waals surface area contributed by atoms with E-state index in [-0.39, 0.29) is 0 Å². The van der Waals surface area contributed by atoms with E-state index in [1.807, 2.05) is 18.2 Å². The fraction of sp³-hybridized carbons (Fsp3) is 0.500. The van der Waals surface area contributed by atoms with Crippen molar-refractivity contribution in [2.75, 3.05) is 6.16 Å². The zero-order chi connectivity index (χ0) is 12.9. The Morgan fingerprint density at radius 2 is 2.00 bits per heavy atom. The Morgan fingerprint density at radius 3 is 2.50 bits per heavy atom. The minimum atomic E-state index is -2.16. The highest BCUT2D eigenvalue weighted by molar-refractivity contribution is 7.72. The largest absolute Gasteiger partial charge is 0.318 e. The van der Waals surface area contributed by atoms with E-state index in [0.29, 0.717) is 23.4 Å². The first kappa shape index (κ1) is 12.2. The van der Waals surface area contributed by atoms with Crippen molar-refractivity contribution in [2.24, 2.45) is 17.8 Å². The molecule has 3 rings (SSSR count). The van der Waals surface area contributed by atoms with Crippen molar-refractivity contribution >= 4 is 12.4 Å². The molecule has 0 amide bonds. The van der Waals surface area contributed by atoms with Crippen LogP contribution in [0.5, 0.6) is 0 Å². The van der Waals surface area contributed by atoms with Crippen LogP contribution in [0.15, 0.2) is 42.5 Å². The molecule has 2 bridgehead atoms. The predicted molar refractivity (Wildman–Crippen MR) is 77.9 cm³/mol. The lowest BCUT2D eigenvalue weighted by molar-refractivity contribution is 0.413. The molecule has 1 aromatic rings. The Kier molecular flexibility index (Phi) is 2.79. The second-order valence-electron chi connectivity index (χ2n) is 6.09. The Labute approximate surface area is 110 Å². The molecule has 4 unspecified atom stereocenters. The topological polar surface area (TPSA) is 17.1 Å². The molecule has 96 valence electrons. The summed E-state index contributed by atoms with van der Waals surface area (Å²) in [6, 6.07) is 10.2. The Balaban J connectivity index is 1.97. The number of fused-ring (bicyclic) bond motifs is 2. The van der Waals surface area contributed by atoms with Crippen LogP contribution in [0.2, 0.25) is 0 Å². The summed E-state index contributed by atoms with van der Waals surface area (Å²) >= 11 is 0. The molecule has 0 N–H and O–H groups in total. The van der Waals surface area contributed by atoms with Crippen molar-refractivity contribution < 1.29 is 4.57 Å². The first-order valence-corrected chi connectivity index (χ1v) is 8.80. The molecule has 5 atom stereocenters. The van der Waals surface area contributed by atoms with Gasteiger partial charge in [-0.1, -0.05) is 49.4 Å². The lowest BCUT2D eigenvalue weighted by Crippen LogP contribution is -2.22. The van der Waals surface area contributed by atoms with Crippen molar-refractivity contribution in [3.8, 4) is 0 Å². The molecule has 1 saturated heterocycles. The van der Waals surface area contributed by atoms with E-state index < -0.39 is 7.14 Å². The maximum Gasteiger partial charge on any atom is 0.119 e.